The third kappa shape index (κ3) is 3.13. The summed E-state index contributed by atoms with van der Waals surface area (Å²) in [6.45, 7) is 1.51. The number of imidazole rings is 1. The zero-order valence-electron chi connectivity index (χ0n) is 13.5. The normalized spacial score (nSPS) is 20.4. The predicted molar refractivity (Wildman–Crippen MR) is 89.3 cm³/mol. The van der Waals surface area contributed by atoms with Crippen LogP contribution in [0.1, 0.15) is 37.2 Å². The molecular weight excluding hydrogens is 307 g/mol. The second kappa shape index (κ2) is 6.26. The molecule has 24 heavy (non-hydrogen) atoms. The largest absolute Gasteiger partial charge is 0.335 e. The molecule has 1 aromatic heterocycles. The number of urea groups is 1. The van der Waals surface area contributed by atoms with Crippen LogP contribution in [-0.2, 0) is 6.54 Å². The average molecular weight is 328 g/mol. The van der Waals surface area contributed by atoms with Gasteiger partial charge in [-0.25, -0.2) is 14.2 Å². The number of anilines is 1. The molecule has 1 aliphatic heterocycles. The van der Waals surface area contributed by atoms with Gasteiger partial charge in [0.1, 0.15) is 5.82 Å². The summed E-state index contributed by atoms with van der Waals surface area (Å²) in [5.41, 5.74) is 1.40. The maximum atomic E-state index is 13.8. The van der Waals surface area contributed by atoms with Crippen molar-refractivity contribution in [2.75, 3.05) is 11.9 Å². The second-order valence-electron chi connectivity index (χ2n) is 6.69. The lowest BCUT2D eigenvalue weighted by Crippen LogP contribution is -2.40. The molecular formula is C18H21FN4O. The maximum absolute atomic E-state index is 13.8. The van der Waals surface area contributed by atoms with Gasteiger partial charge in [-0.1, -0.05) is 0 Å². The van der Waals surface area contributed by atoms with Gasteiger partial charge in [-0.2, -0.15) is 0 Å². The first-order chi connectivity index (χ1) is 11.7. The van der Waals surface area contributed by atoms with Crippen molar-refractivity contribution in [1.29, 1.82) is 0 Å². The van der Waals surface area contributed by atoms with E-state index in [2.05, 4.69) is 10.3 Å². The lowest BCUT2D eigenvalue weighted by Gasteiger charge is -2.25. The fourth-order valence-corrected chi connectivity index (χ4v) is 3.45. The van der Waals surface area contributed by atoms with Crippen molar-refractivity contribution in [3.05, 3.63) is 48.3 Å². The number of carbonyl (C=O) groups excluding carboxylic acids is 1. The summed E-state index contributed by atoms with van der Waals surface area (Å²) >= 11 is 0. The van der Waals surface area contributed by atoms with Gasteiger partial charge < -0.3 is 14.8 Å². The van der Waals surface area contributed by atoms with Crippen molar-refractivity contribution in [1.82, 2.24) is 14.5 Å². The highest BCUT2D eigenvalue weighted by Crippen LogP contribution is 2.42. The molecule has 1 saturated carbocycles. The molecule has 126 valence electrons. The van der Waals surface area contributed by atoms with Gasteiger partial charge in [-0.05, 0) is 55.4 Å². The molecule has 5 nitrogen and oxygen atoms in total. The molecule has 6 heteroatoms. The number of benzene rings is 1. The lowest BCUT2D eigenvalue weighted by molar-refractivity contribution is 0.201. The number of hydrogen-bond donors (Lipinski definition) is 1. The van der Waals surface area contributed by atoms with Crippen LogP contribution >= 0.6 is 0 Å². The Bertz CT molecular complexity index is 727. The van der Waals surface area contributed by atoms with E-state index in [9.17, 15) is 9.18 Å². The van der Waals surface area contributed by atoms with E-state index in [1.165, 1.54) is 6.07 Å². The third-order valence-electron chi connectivity index (χ3n) is 4.88. The van der Waals surface area contributed by atoms with E-state index in [0.717, 1.165) is 44.3 Å². The molecule has 4 rings (SSSR count). The van der Waals surface area contributed by atoms with Gasteiger partial charge in [-0.3, -0.25) is 0 Å². The van der Waals surface area contributed by atoms with Crippen molar-refractivity contribution < 1.29 is 9.18 Å². The van der Waals surface area contributed by atoms with Crippen LogP contribution < -0.4 is 5.32 Å². The van der Waals surface area contributed by atoms with Gasteiger partial charge in [0.15, 0.2) is 0 Å². The van der Waals surface area contributed by atoms with Gasteiger partial charge in [0.05, 0.1) is 12.4 Å². The van der Waals surface area contributed by atoms with Crippen molar-refractivity contribution >= 4 is 11.7 Å². The SMILES string of the molecule is O=C(Nc1ccc(F)c(C2CC2)c1)N1CCC[C@H]1Cn1ccnc1. The number of hydrogen-bond acceptors (Lipinski definition) is 2. The summed E-state index contributed by atoms with van der Waals surface area (Å²) in [6, 6.07) is 4.94. The van der Waals surface area contributed by atoms with Crippen molar-refractivity contribution in [2.24, 2.45) is 0 Å². The van der Waals surface area contributed by atoms with Crippen LogP contribution in [0.4, 0.5) is 14.9 Å². The van der Waals surface area contributed by atoms with Gasteiger partial charge in [0.2, 0.25) is 0 Å². The molecule has 0 radical (unpaired) electrons. The Kier molecular flexibility index (Phi) is 3.96. The summed E-state index contributed by atoms with van der Waals surface area (Å²) in [7, 11) is 0. The summed E-state index contributed by atoms with van der Waals surface area (Å²) in [5, 5.41) is 2.94. The van der Waals surface area contributed by atoms with Crippen LogP contribution in [0.15, 0.2) is 36.9 Å². The fourth-order valence-electron chi connectivity index (χ4n) is 3.45. The zero-order valence-corrected chi connectivity index (χ0v) is 13.5. The van der Waals surface area contributed by atoms with E-state index >= 15 is 0 Å². The molecule has 2 aromatic rings. The van der Waals surface area contributed by atoms with Gasteiger partial charge in [0.25, 0.3) is 0 Å². The summed E-state index contributed by atoms with van der Waals surface area (Å²) < 4.78 is 15.8. The Balaban J connectivity index is 1.44. The molecule has 0 unspecified atom stereocenters. The molecule has 2 fully saturated rings. The van der Waals surface area contributed by atoms with Crippen LogP contribution in [0.25, 0.3) is 0 Å². The molecule has 0 bridgehead atoms. The maximum Gasteiger partial charge on any atom is 0.322 e. The summed E-state index contributed by atoms with van der Waals surface area (Å²) in [5.74, 6) is 0.150. The number of nitrogens with one attached hydrogen (secondary N) is 1. The smallest absolute Gasteiger partial charge is 0.322 e. The Hall–Kier alpha value is -2.37. The third-order valence-corrected chi connectivity index (χ3v) is 4.88. The van der Waals surface area contributed by atoms with Crippen LogP contribution in [-0.4, -0.2) is 33.1 Å². The average Bonchev–Trinajstić information content (AvgIpc) is 3.09. The van der Waals surface area contributed by atoms with Gasteiger partial charge >= 0.3 is 6.03 Å². The van der Waals surface area contributed by atoms with Crippen molar-refractivity contribution in [3.8, 4) is 0 Å². The molecule has 2 heterocycles. The van der Waals surface area contributed by atoms with E-state index in [1.54, 1.807) is 24.7 Å². The Morgan fingerprint density at radius 2 is 2.21 bits per heavy atom. The molecule has 1 aliphatic carbocycles. The number of nitrogens with zero attached hydrogens (tertiary/aromatic N) is 3. The van der Waals surface area contributed by atoms with Crippen LogP contribution in [0.3, 0.4) is 0 Å². The minimum absolute atomic E-state index is 0.106. The Morgan fingerprint density at radius 1 is 1.33 bits per heavy atom. The highest BCUT2D eigenvalue weighted by atomic mass is 19.1. The van der Waals surface area contributed by atoms with E-state index < -0.39 is 0 Å². The molecule has 1 atom stereocenters. The fraction of sp³-hybridized carbons (Fsp3) is 0.444. The van der Waals surface area contributed by atoms with Crippen molar-refractivity contribution in [2.45, 2.75) is 44.2 Å². The quantitative estimate of drug-likeness (QED) is 0.932. The standard InChI is InChI=1S/C18H21FN4O/c19-17-6-5-14(10-16(17)13-3-4-13)21-18(24)23-8-1-2-15(23)11-22-9-7-20-12-22/h5-7,9-10,12-13,15H,1-4,8,11H2,(H,21,24)/t15-/m0/s1. The highest BCUT2D eigenvalue weighted by molar-refractivity contribution is 5.89. The van der Waals surface area contributed by atoms with Crippen LogP contribution in [0.5, 0.6) is 0 Å². The number of aromatic nitrogens is 2. The minimum atomic E-state index is -0.172. The predicted octanol–water partition coefficient (Wildman–Crippen LogP) is 3.60. The van der Waals surface area contributed by atoms with E-state index in [0.29, 0.717) is 11.6 Å². The molecule has 1 saturated heterocycles. The monoisotopic (exact) mass is 328 g/mol. The molecule has 2 aliphatic rings. The van der Waals surface area contributed by atoms with E-state index in [-0.39, 0.29) is 17.9 Å². The summed E-state index contributed by atoms with van der Waals surface area (Å²) in [6.07, 6.45) is 9.50. The first kappa shape index (κ1) is 15.2. The zero-order chi connectivity index (χ0) is 16.5. The van der Waals surface area contributed by atoms with Crippen molar-refractivity contribution in [3.63, 3.8) is 0 Å². The lowest BCUT2D eigenvalue weighted by atomic mass is 10.1. The molecule has 1 N–H and O–H groups in total. The van der Waals surface area contributed by atoms with Crippen LogP contribution in [0.2, 0.25) is 0 Å². The molecule has 2 amide bonds. The van der Waals surface area contributed by atoms with E-state index in [4.69, 9.17) is 0 Å². The number of rotatable bonds is 4. The number of carbonyl (C=O) groups is 1. The summed E-state index contributed by atoms with van der Waals surface area (Å²) in [4.78, 5) is 18.6. The number of amides is 2. The Labute approximate surface area is 140 Å². The van der Waals surface area contributed by atoms with Crippen LogP contribution in [0, 0.1) is 5.82 Å². The topological polar surface area (TPSA) is 50.2 Å². The van der Waals surface area contributed by atoms with Gasteiger partial charge in [0, 0.05) is 31.2 Å². The number of halogens is 1. The molecule has 1 aromatic carbocycles. The second-order valence-corrected chi connectivity index (χ2v) is 6.69. The Morgan fingerprint density at radius 3 is 2.96 bits per heavy atom. The molecule has 0 spiro atoms. The first-order valence-electron chi connectivity index (χ1n) is 8.53. The van der Waals surface area contributed by atoms with Gasteiger partial charge in [-0.15, -0.1) is 0 Å². The number of likely N-dealkylation sites (tertiary alicyclic amines) is 1. The highest BCUT2D eigenvalue weighted by Gasteiger charge is 2.30. The van der Waals surface area contributed by atoms with E-state index in [1.807, 2.05) is 15.7 Å². The first-order valence-corrected chi connectivity index (χ1v) is 8.53. The minimum Gasteiger partial charge on any atom is -0.335 e.